The van der Waals surface area contributed by atoms with E-state index in [1.165, 1.54) is 6.20 Å². The highest BCUT2D eigenvalue weighted by Gasteiger charge is 2.26. The zero-order valence-electron chi connectivity index (χ0n) is 11.0. The summed E-state index contributed by atoms with van der Waals surface area (Å²) in [5, 5.41) is 0. The van der Waals surface area contributed by atoms with Crippen molar-refractivity contribution in [2.45, 2.75) is 43.0 Å². The molecule has 0 aromatic carbocycles. The fourth-order valence-electron chi connectivity index (χ4n) is 2.17. The van der Waals surface area contributed by atoms with Crippen molar-refractivity contribution in [3.05, 3.63) is 10.7 Å². The molecule has 0 amide bonds. The number of hydrogen-bond donors (Lipinski definition) is 1. The van der Waals surface area contributed by atoms with Gasteiger partial charge in [0.1, 0.15) is 0 Å². The van der Waals surface area contributed by atoms with Gasteiger partial charge in [0.25, 0.3) is 10.0 Å². The zero-order chi connectivity index (χ0) is 14.0. The van der Waals surface area contributed by atoms with Crippen LogP contribution >= 0.6 is 22.9 Å². The smallest absolute Gasteiger partial charge is 0.251 e. The van der Waals surface area contributed by atoms with Crippen LogP contribution in [-0.2, 0) is 10.0 Å². The molecule has 1 aliphatic heterocycles. The third-order valence-corrected chi connectivity index (χ3v) is 6.40. The van der Waals surface area contributed by atoms with Crippen molar-refractivity contribution in [3.8, 4) is 0 Å². The fraction of sp³-hybridized carbons (Fsp3) is 0.727. The first-order chi connectivity index (χ1) is 8.88. The van der Waals surface area contributed by atoms with Gasteiger partial charge in [-0.25, -0.2) is 18.1 Å². The number of hydrogen-bond acceptors (Lipinski definition) is 5. The van der Waals surface area contributed by atoms with Crippen LogP contribution in [-0.4, -0.2) is 43.5 Å². The van der Waals surface area contributed by atoms with Crippen molar-refractivity contribution in [2.75, 3.05) is 13.1 Å². The molecule has 1 aromatic rings. The lowest BCUT2D eigenvalue weighted by atomic mass is 10.1. The summed E-state index contributed by atoms with van der Waals surface area (Å²) in [6, 6.07) is 0.513. The van der Waals surface area contributed by atoms with E-state index in [-0.39, 0.29) is 14.7 Å². The molecule has 1 fully saturated rings. The van der Waals surface area contributed by atoms with Gasteiger partial charge in [0, 0.05) is 12.1 Å². The van der Waals surface area contributed by atoms with Crippen LogP contribution in [0.2, 0.25) is 4.47 Å². The molecule has 5 nitrogen and oxygen atoms in total. The SMILES string of the molecule is CC(C)N1CCC(NS(=O)(=O)c2cnc(Cl)s2)CC1. The van der Waals surface area contributed by atoms with Crippen molar-refractivity contribution in [1.29, 1.82) is 0 Å². The molecule has 0 atom stereocenters. The van der Waals surface area contributed by atoms with Gasteiger partial charge < -0.3 is 4.90 Å². The number of sulfonamides is 1. The molecule has 2 heterocycles. The molecule has 8 heteroatoms. The number of aromatic nitrogens is 1. The summed E-state index contributed by atoms with van der Waals surface area (Å²) in [5.41, 5.74) is 0. The molecule has 1 N–H and O–H groups in total. The maximum absolute atomic E-state index is 12.1. The Morgan fingerprint density at radius 2 is 2.11 bits per heavy atom. The highest BCUT2D eigenvalue weighted by atomic mass is 35.5. The van der Waals surface area contributed by atoms with Crippen molar-refractivity contribution >= 4 is 33.0 Å². The molecule has 0 saturated carbocycles. The molecule has 0 radical (unpaired) electrons. The van der Waals surface area contributed by atoms with Crippen LogP contribution in [0.1, 0.15) is 26.7 Å². The Morgan fingerprint density at radius 3 is 2.58 bits per heavy atom. The second-order valence-corrected chi connectivity index (χ2v) is 8.51. The highest BCUT2D eigenvalue weighted by Crippen LogP contribution is 2.23. The minimum atomic E-state index is -3.47. The lowest BCUT2D eigenvalue weighted by Gasteiger charge is -2.34. The highest BCUT2D eigenvalue weighted by molar-refractivity contribution is 7.91. The van der Waals surface area contributed by atoms with Crippen LogP contribution in [0.25, 0.3) is 0 Å². The summed E-state index contributed by atoms with van der Waals surface area (Å²) in [7, 11) is -3.47. The van der Waals surface area contributed by atoms with E-state index in [2.05, 4.69) is 28.5 Å². The molecule has 1 saturated heterocycles. The molecule has 0 unspecified atom stereocenters. The Bertz CT molecular complexity index is 522. The average Bonchev–Trinajstić information content (AvgIpc) is 2.77. The number of rotatable bonds is 4. The van der Waals surface area contributed by atoms with E-state index in [1.807, 2.05) is 0 Å². The molecule has 2 rings (SSSR count). The van der Waals surface area contributed by atoms with Gasteiger partial charge in [-0.2, -0.15) is 0 Å². The van der Waals surface area contributed by atoms with E-state index in [0.717, 1.165) is 37.3 Å². The Balaban J connectivity index is 1.95. The molecule has 1 aromatic heterocycles. The van der Waals surface area contributed by atoms with Crippen LogP contribution < -0.4 is 4.72 Å². The first-order valence-corrected chi connectivity index (χ1v) is 8.94. The molecular weight excluding hydrogens is 306 g/mol. The average molecular weight is 324 g/mol. The quantitative estimate of drug-likeness (QED) is 0.920. The maximum atomic E-state index is 12.1. The summed E-state index contributed by atoms with van der Waals surface area (Å²) in [4.78, 5) is 6.12. The molecular formula is C11H18ClN3O2S2. The standard InChI is InChI=1S/C11H18ClN3O2S2/c1-8(2)15-5-3-9(4-6-15)14-19(16,17)10-7-13-11(12)18-10/h7-9,14H,3-6H2,1-2H3. The minimum absolute atomic E-state index is 0.000811. The van der Waals surface area contributed by atoms with Crippen LogP contribution in [0.5, 0.6) is 0 Å². The number of piperidine rings is 1. The van der Waals surface area contributed by atoms with E-state index in [1.54, 1.807) is 0 Å². The predicted molar refractivity (Wildman–Crippen MR) is 77.2 cm³/mol. The second kappa shape index (κ2) is 6.05. The van der Waals surface area contributed by atoms with Gasteiger partial charge in [0.15, 0.2) is 8.68 Å². The molecule has 108 valence electrons. The molecule has 1 aliphatic rings. The third-order valence-electron chi connectivity index (χ3n) is 3.30. The maximum Gasteiger partial charge on any atom is 0.251 e. The number of nitrogens with one attached hydrogen (secondary N) is 1. The normalized spacial score (nSPS) is 19.2. The van der Waals surface area contributed by atoms with Gasteiger partial charge >= 0.3 is 0 Å². The number of nitrogens with zero attached hydrogens (tertiary/aromatic N) is 2. The number of thiazole rings is 1. The van der Waals surface area contributed by atoms with Gasteiger partial charge in [0.2, 0.25) is 0 Å². The summed E-state index contributed by atoms with van der Waals surface area (Å²) < 4.78 is 27.4. The van der Waals surface area contributed by atoms with Gasteiger partial charge in [-0.1, -0.05) is 22.9 Å². The van der Waals surface area contributed by atoms with Crippen molar-refractivity contribution in [1.82, 2.24) is 14.6 Å². The number of halogens is 1. The predicted octanol–water partition coefficient (Wildman–Crippen LogP) is 1.95. The first-order valence-electron chi connectivity index (χ1n) is 6.26. The minimum Gasteiger partial charge on any atom is -0.301 e. The summed E-state index contributed by atoms with van der Waals surface area (Å²) >= 11 is 6.65. The van der Waals surface area contributed by atoms with Crippen LogP contribution in [0.3, 0.4) is 0 Å². The van der Waals surface area contributed by atoms with Crippen molar-refractivity contribution in [2.24, 2.45) is 0 Å². The molecule has 0 aliphatic carbocycles. The Labute approximate surface area is 123 Å². The monoisotopic (exact) mass is 323 g/mol. The summed E-state index contributed by atoms with van der Waals surface area (Å²) in [5.74, 6) is 0. The third kappa shape index (κ3) is 3.88. The molecule has 0 spiro atoms. The number of likely N-dealkylation sites (tertiary alicyclic amines) is 1. The van der Waals surface area contributed by atoms with Crippen LogP contribution in [0, 0.1) is 0 Å². The molecule has 0 bridgehead atoms. The molecule has 19 heavy (non-hydrogen) atoms. The Morgan fingerprint density at radius 1 is 1.47 bits per heavy atom. The Hall–Kier alpha value is -0.210. The van der Waals surface area contributed by atoms with Gasteiger partial charge in [-0.05, 0) is 39.8 Å². The van der Waals surface area contributed by atoms with Crippen molar-refractivity contribution < 1.29 is 8.42 Å². The van der Waals surface area contributed by atoms with Gasteiger partial charge in [0.05, 0.1) is 6.20 Å². The lowest BCUT2D eigenvalue weighted by Crippen LogP contribution is -2.46. The van der Waals surface area contributed by atoms with Crippen LogP contribution in [0.15, 0.2) is 10.4 Å². The van der Waals surface area contributed by atoms with E-state index >= 15 is 0 Å². The summed E-state index contributed by atoms with van der Waals surface area (Å²) in [6.07, 6.45) is 2.98. The lowest BCUT2D eigenvalue weighted by molar-refractivity contribution is 0.168. The van der Waals surface area contributed by atoms with E-state index in [0.29, 0.717) is 6.04 Å². The van der Waals surface area contributed by atoms with E-state index in [4.69, 9.17) is 11.6 Å². The Kier molecular flexibility index (Phi) is 4.84. The zero-order valence-corrected chi connectivity index (χ0v) is 13.4. The van der Waals surface area contributed by atoms with E-state index in [9.17, 15) is 8.42 Å². The fourth-order valence-corrected chi connectivity index (χ4v) is 4.79. The summed E-state index contributed by atoms with van der Waals surface area (Å²) in [6.45, 7) is 6.16. The van der Waals surface area contributed by atoms with Crippen molar-refractivity contribution in [3.63, 3.8) is 0 Å². The van der Waals surface area contributed by atoms with Gasteiger partial charge in [-0.15, -0.1) is 0 Å². The van der Waals surface area contributed by atoms with E-state index < -0.39 is 10.0 Å². The topological polar surface area (TPSA) is 62.3 Å². The second-order valence-electron chi connectivity index (χ2n) is 4.96. The first kappa shape index (κ1) is 15.2. The van der Waals surface area contributed by atoms with Gasteiger partial charge in [-0.3, -0.25) is 0 Å². The van der Waals surface area contributed by atoms with Crippen LogP contribution in [0.4, 0.5) is 0 Å². The largest absolute Gasteiger partial charge is 0.301 e.